The van der Waals surface area contributed by atoms with Crippen molar-refractivity contribution in [2.45, 2.75) is 145 Å². The lowest BCUT2D eigenvalue weighted by atomic mass is 9.92. The Morgan fingerprint density at radius 2 is 0.368 bits per heavy atom. The molecule has 11 rings (SSSR count). The zero-order valence-electron chi connectivity index (χ0n) is 66.4. The van der Waals surface area contributed by atoms with E-state index in [4.69, 9.17) is 28.4 Å². The molecule has 0 spiro atoms. The first kappa shape index (κ1) is 97.7. The van der Waals surface area contributed by atoms with E-state index in [1.807, 2.05) is 115 Å². The van der Waals surface area contributed by atoms with Crippen molar-refractivity contribution in [2.24, 2.45) is 0 Å². The van der Waals surface area contributed by atoms with Crippen LogP contribution in [0.4, 0.5) is 52.7 Å². The molecule has 37 heteroatoms. The van der Waals surface area contributed by atoms with Gasteiger partial charge >= 0.3 is 83.7 Å². The molecular weight excluding hydrogens is 1770 g/mol. The van der Waals surface area contributed by atoms with E-state index in [1.165, 1.54) is 56.2 Å². The van der Waals surface area contributed by atoms with Crippen LogP contribution >= 0.6 is 0 Å². The Labute approximate surface area is 715 Å². The summed E-state index contributed by atoms with van der Waals surface area (Å²) >= 11 is 0. The van der Waals surface area contributed by atoms with E-state index in [-0.39, 0.29) is 120 Å². The third-order valence-electron chi connectivity index (χ3n) is 16.4. The first-order chi connectivity index (χ1) is 58.6. The van der Waals surface area contributed by atoms with Gasteiger partial charge in [0.1, 0.15) is 34.5 Å². The van der Waals surface area contributed by atoms with Crippen LogP contribution in [0.15, 0.2) is 339 Å². The summed E-state index contributed by atoms with van der Waals surface area (Å²) in [6, 6.07) is 74.8. The Bertz CT molecular complexity index is 5430. The van der Waals surface area contributed by atoms with Gasteiger partial charge in [-0.25, -0.2) is 16.8 Å². The largest absolute Gasteiger partial charge is 0.442 e. The van der Waals surface area contributed by atoms with Gasteiger partial charge < -0.3 is 37.9 Å². The Balaban J connectivity index is 0.000000212. The van der Waals surface area contributed by atoms with Crippen molar-refractivity contribution in [3.63, 3.8) is 0 Å². The predicted octanol–water partition coefficient (Wildman–Crippen LogP) is 19.5. The second-order valence-corrected chi connectivity index (χ2v) is 37.2. The van der Waals surface area contributed by atoms with E-state index in [0.29, 0.717) is 34.5 Å². The number of hydrogen-bond donors (Lipinski definition) is 0. The number of carbonyl (C=O) groups is 8. The molecule has 0 bridgehead atoms. The number of benzene rings is 11. The van der Waals surface area contributed by atoms with Gasteiger partial charge in [0.05, 0.1) is 42.5 Å². The molecule has 0 aromatic heterocycles. The quantitative estimate of drug-likeness (QED) is 0.0200. The lowest BCUT2D eigenvalue weighted by Crippen LogP contribution is -2.56. The summed E-state index contributed by atoms with van der Waals surface area (Å²) in [6.07, 6.45) is -25.6. The minimum atomic E-state index is -6.39. The highest BCUT2D eigenvalue weighted by Crippen LogP contribution is 2.55. The lowest BCUT2D eigenvalue weighted by molar-refractivity contribution is -0.377. The minimum Gasteiger partial charge on any atom is -0.435 e. The second-order valence-electron chi connectivity index (χ2n) is 25.7. The Hall–Kier alpha value is -12.7. The van der Waals surface area contributed by atoms with Crippen molar-refractivity contribution >= 4 is 98.2 Å². The van der Waals surface area contributed by atoms with Crippen LogP contribution in [0.5, 0.6) is 34.5 Å². The molecule has 0 heterocycles. The first-order valence-corrected chi connectivity index (χ1v) is 43.2. The van der Waals surface area contributed by atoms with Gasteiger partial charge in [-0.1, -0.05) is 78.9 Å². The first-order valence-electron chi connectivity index (χ1n) is 36.0. The SMILES string of the molecule is CC(=O)OC(c1ccc(S(=O)(=O)S(=O)(=O)c2ccc(C(OC(C)=O)(C(F)(F)F)C(F)(F)F)cc2)cc1)(C(F)(F)F)C(F)(F)F.CC(=O)Oc1ccc([S+](c2ccc(OC(C)=O)cc2)c2ccc(OC(C)=O)cc2)cc1.CC(=O)Oc1ccc([S+](c2ccccc2)c2ccc(OC(C)=O)cc2)cc1.CC(=O)Oc1ccc([S+](c2ccccc2)c2ccccc2)cc1. The number of alkyl halides is 12. The zero-order valence-corrected chi connectivity index (χ0v) is 70.5. The fourth-order valence-electron chi connectivity index (χ4n) is 11.5. The van der Waals surface area contributed by atoms with Gasteiger partial charge in [0.15, 0.2) is 44.1 Å². The van der Waals surface area contributed by atoms with Crippen LogP contribution in [0.25, 0.3) is 0 Å². The molecule has 0 N–H and O–H groups in total. The minimum absolute atomic E-state index is 0.0641. The smallest absolute Gasteiger partial charge is 0.435 e. The summed E-state index contributed by atoms with van der Waals surface area (Å²) in [6.45, 7) is 8.63. The van der Waals surface area contributed by atoms with Crippen molar-refractivity contribution < 1.29 is 146 Å². The summed E-state index contributed by atoms with van der Waals surface area (Å²) < 4.78 is 252. The monoisotopic (exact) mass is 1840 g/mol. The normalized spacial score (nSPS) is 11.8. The van der Waals surface area contributed by atoms with Crippen LogP contribution in [0, 0.1) is 0 Å². The van der Waals surface area contributed by atoms with Crippen LogP contribution in [-0.2, 0) is 109 Å². The molecule has 0 aliphatic rings. The van der Waals surface area contributed by atoms with Crippen molar-refractivity contribution in [1.29, 1.82) is 0 Å². The topological polar surface area (TPSA) is 279 Å². The number of esters is 8. The third-order valence-corrected chi connectivity index (χ3v) is 28.3. The molecule has 0 amide bonds. The van der Waals surface area contributed by atoms with E-state index in [0.717, 1.165) is 29.4 Å². The second kappa shape index (κ2) is 41.6. The van der Waals surface area contributed by atoms with Crippen molar-refractivity contribution in [2.75, 3.05) is 0 Å². The average molecular weight is 1840 g/mol. The maximum atomic E-state index is 13.6. The lowest BCUT2D eigenvalue weighted by Gasteiger charge is -2.36. The van der Waals surface area contributed by atoms with Crippen LogP contribution in [0.2, 0.25) is 0 Å². The molecule has 11 aromatic carbocycles. The molecule has 0 saturated heterocycles. The standard InChI is InChI=1S/C24H21O6S.C22H14F12O8S2.C22H19O4S.C20H17O2S/c1-16(25)28-19-4-10-22(11-5-19)31(23-12-6-20(7-13-23)29-17(2)26)24-14-8-21(9-15-24)30-18(3)27;1-11(35)41-17(19(23,24)25,20(26,27)28)13-3-7-15(8-4-13)43(37,38)44(39,40)16-9-5-14(6-10-16)18(21(29,30)31,22(32,33)34)42-12(2)36;1-16(23)25-18-8-12-21(13-9-18)27(20-6-4-3-5-7-20)22-14-10-19(11-15-22)26-17(2)24;1-16(21)22-17-12-14-20(15-13-17)23(18-8-4-2-5-9-18)19-10-6-3-7-11-19/h4-15H,1-3H3;3-10H,1-2H3;3-15H,1-2H3;2-15H,1H3/q+1;;2*+1. The molecule has 125 heavy (non-hydrogen) atoms. The predicted molar refractivity (Wildman–Crippen MR) is 431 cm³/mol. The molecule has 11 aromatic rings. The summed E-state index contributed by atoms with van der Waals surface area (Å²) in [5.41, 5.74) is -14.5. The van der Waals surface area contributed by atoms with Crippen LogP contribution in [0.1, 0.15) is 66.5 Å². The van der Waals surface area contributed by atoms with Gasteiger partial charge in [0, 0.05) is 66.5 Å². The molecule has 654 valence electrons. The Morgan fingerprint density at radius 3 is 0.504 bits per heavy atom. The van der Waals surface area contributed by atoms with Crippen LogP contribution in [-0.4, -0.2) is 89.3 Å². The fourth-order valence-corrected chi connectivity index (χ4v) is 21.3. The van der Waals surface area contributed by atoms with E-state index in [2.05, 4.69) is 70.1 Å². The zero-order chi connectivity index (χ0) is 92.2. The summed E-state index contributed by atoms with van der Waals surface area (Å²) in [4.78, 5) is 96.2. The molecule has 0 saturated carbocycles. The van der Waals surface area contributed by atoms with E-state index >= 15 is 0 Å². The van der Waals surface area contributed by atoms with Gasteiger partial charge in [-0.3, -0.25) is 38.4 Å². The van der Waals surface area contributed by atoms with E-state index in [9.17, 15) is 108 Å². The van der Waals surface area contributed by atoms with E-state index in [1.54, 1.807) is 60.7 Å². The maximum absolute atomic E-state index is 13.6. The highest BCUT2D eigenvalue weighted by Gasteiger charge is 2.76. The molecule has 20 nitrogen and oxygen atoms in total. The van der Waals surface area contributed by atoms with Gasteiger partial charge in [0.2, 0.25) is 0 Å². The number of ether oxygens (including phenoxy) is 8. The number of carbonyl (C=O) groups excluding carboxylic acids is 8. The summed E-state index contributed by atoms with van der Waals surface area (Å²) in [7, 11) is -12.8. The van der Waals surface area contributed by atoms with Crippen LogP contribution in [0.3, 0.4) is 0 Å². The number of rotatable bonds is 22. The Kier molecular flexibility index (Phi) is 32.6. The van der Waals surface area contributed by atoms with Gasteiger partial charge in [-0.15, -0.1) is 0 Å². The van der Waals surface area contributed by atoms with Crippen LogP contribution < -0.4 is 28.4 Å². The Morgan fingerprint density at radius 1 is 0.216 bits per heavy atom. The highest BCUT2D eigenvalue weighted by molar-refractivity contribution is 8.67. The highest BCUT2D eigenvalue weighted by atomic mass is 33.2. The van der Waals surface area contributed by atoms with E-state index < -0.39 is 97.4 Å². The maximum Gasteiger partial charge on any atom is 0.442 e. The average Bonchev–Trinajstić information content (AvgIpc) is 0.727. The summed E-state index contributed by atoms with van der Waals surface area (Å²) in [5.74, 6) is -3.25. The molecule has 0 atom stereocenters. The van der Waals surface area contributed by atoms with Gasteiger partial charge in [-0.2, -0.15) is 52.7 Å². The van der Waals surface area contributed by atoms with Crippen molar-refractivity contribution in [3.8, 4) is 34.5 Å². The number of halogens is 12. The van der Waals surface area contributed by atoms with Crippen molar-refractivity contribution in [1.82, 2.24) is 0 Å². The van der Waals surface area contributed by atoms with Gasteiger partial charge in [-0.05, 0) is 206 Å². The molecule has 0 aliphatic heterocycles. The van der Waals surface area contributed by atoms with Gasteiger partial charge in [0.25, 0.3) is 17.7 Å². The van der Waals surface area contributed by atoms with Crippen molar-refractivity contribution in [3.05, 3.63) is 296 Å². The number of hydrogen-bond acceptors (Lipinski definition) is 20. The fraction of sp³-hybridized carbons (Fsp3) is 0.159. The molecule has 0 fully saturated rings. The molecule has 0 radical (unpaired) electrons. The molecule has 0 aliphatic carbocycles. The third kappa shape index (κ3) is 25.1. The molecule has 0 unspecified atom stereocenters. The summed E-state index contributed by atoms with van der Waals surface area (Å²) in [5, 5.41) is 0. The molecular formula is C88H71F12O20S5+3.